The lowest BCUT2D eigenvalue weighted by molar-refractivity contribution is -0.126. The second kappa shape index (κ2) is 5.11. The average Bonchev–Trinajstić information content (AvgIpc) is 2.73. The number of hydrogen-bond donors (Lipinski definition) is 4. The molecule has 1 fully saturated rings. The molecule has 1 atom stereocenters. The SMILES string of the molecule is O=C1CNC(C(=O)NCc2csc(=O)[nH]2)CN1. The van der Waals surface area contributed by atoms with Crippen LogP contribution in [0, 0.1) is 0 Å². The molecule has 0 radical (unpaired) electrons. The molecule has 0 bridgehead atoms. The molecule has 17 heavy (non-hydrogen) atoms. The molecule has 2 amide bonds. The molecule has 0 saturated carbocycles. The highest BCUT2D eigenvalue weighted by Crippen LogP contribution is 1.95. The Kier molecular flexibility index (Phi) is 3.55. The van der Waals surface area contributed by atoms with Gasteiger partial charge >= 0.3 is 4.87 Å². The van der Waals surface area contributed by atoms with Gasteiger partial charge in [-0.3, -0.25) is 19.7 Å². The van der Waals surface area contributed by atoms with Crippen molar-refractivity contribution in [1.29, 1.82) is 0 Å². The van der Waals surface area contributed by atoms with E-state index in [0.29, 0.717) is 5.69 Å². The van der Waals surface area contributed by atoms with Gasteiger partial charge in [0.05, 0.1) is 13.1 Å². The molecule has 0 aliphatic carbocycles. The second-order valence-electron chi connectivity index (χ2n) is 3.63. The smallest absolute Gasteiger partial charge is 0.304 e. The van der Waals surface area contributed by atoms with E-state index in [-0.39, 0.29) is 36.3 Å². The fourth-order valence-corrected chi connectivity index (χ4v) is 2.04. The highest BCUT2D eigenvalue weighted by Gasteiger charge is 2.23. The number of piperazine rings is 1. The number of nitrogens with one attached hydrogen (secondary N) is 4. The summed E-state index contributed by atoms with van der Waals surface area (Å²) in [4.78, 5) is 35.9. The molecule has 7 nitrogen and oxygen atoms in total. The van der Waals surface area contributed by atoms with E-state index >= 15 is 0 Å². The van der Waals surface area contributed by atoms with Gasteiger partial charge in [-0.2, -0.15) is 0 Å². The summed E-state index contributed by atoms with van der Waals surface area (Å²) in [6, 6.07) is -0.418. The Bertz CT molecular complexity index is 471. The molecular weight excluding hydrogens is 244 g/mol. The van der Waals surface area contributed by atoms with Crippen molar-refractivity contribution in [3.05, 3.63) is 20.7 Å². The summed E-state index contributed by atoms with van der Waals surface area (Å²) < 4.78 is 0. The minimum atomic E-state index is -0.418. The van der Waals surface area contributed by atoms with Gasteiger partial charge in [-0.05, 0) is 0 Å². The Balaban J connectivity index is 1.81. The van der Waals surface area contributed by atoms with Gasteiger partial charge in [0.25, 0.3) is 0 Å². The molecule has 1 aromatic heterocycles. The Morgan fingerprint density at radius 3 is 2.94 bits per heavy atom. The van der Waals surface area contributed by atoms with Gasteiger partial charge in [-0.15, -0.1) is 0 Å². The Morgan fingerprint density at radius 2 is 2.35 bits per heavy atom. The van der Waals surface area contributed by atoms with Gasteiger partial charge in [0.2, 0.25) is 11.8 Å². The van der Waals surface area contributed by atoms with Crippen LogP contribution >= 0.6 is 11.3 Å². The van der Waals surface area contributed by atoms with E-state index in [1.807, 2.05) is 0 Å². The first-order chi connectivity index (χ1) is 8.15. The predicted molar refractivity (Wildman–Crippen MR) is 61.6 cm³/mol. The summed E-state index contributed by atoms with van der Waals surface area (Å²) >= 11 is 1.06. The van der Waals surface area contributed by atoms with Crippen molar-refractivity contribution in [3.63, 3.8) is 0 Å². The van der Waals surface area contributed by atoms with Crippen molar-refractivity contribution < 1.29 is 9.59 Å². The molecule has 2 heterocycles. The lowest BCUT2D eigenvalue weighted by Crippen LogP contribution is -2.57. The zero-order valence-corrected chi connectivity index (χ0v) is 9.73. The van der Waals surface area contributed by atoms with Crippen LogP contribution in [-0.2, 0) is 16.1 Å². The minimum Gasteiger partial charge on any atom is -0.353 e. The summed E-state index contributed by atoms with van der Waals surface area (Å²) in [5.41, 5.74) is 0.674. The first-order valence-electron chi connectivity index (χ1n) is 5.09. The molecule has 1 aliphatic heterocycles. The number of carbonyl (C=O) groups excluding carboxylic acids is 2. The summed E-state index contributed by atoms with van der Waals surface area (Å²) in [5, 5.41) is 9.76. The summed E-state index contributed by atoms with van der Waals surface area (Å²) in [6.07, 6.45) is 0. The second-order valence-corrected chi connectivity index (χ2v) is 4.47. The lowest BCUT2D eigenvalue weighted by atomic mass is 10.2. The first-order valence-corrected chi connectivity index (χ1v) is 5.97. The van der Waals surface area contributed by atoms with Crippen molar-refractivity contribution in [2.24, 2.45) is 0 Å². The number of hydrogen-bond acceptors (Lipinski definition) is 5. The minimum absolute atomic E-state index is 0.115. The fraction of sp³-hybridized carbons (Fsp3) is 0.444. The predicted octanol–water partition coefficient (Wildman–Crippen LogP) is -1.86. The third-order valence-electron chi connectivity index (χ3n) is 2.35. The molecule has 1 saturated heterocycles. The summed E-state index contributed by atoms with van der Waals surface area (Å²) in [7, 11) is 0. The molecule has 0 aromatic carbocycles. The van der Waals surface area contributed by atoms with E-state index in [2.05, 4.69) is 20.9 Å². The first kappa shape index (κ1) is 11.8. The largest absolute Gasteiger partial charge is 0.353 e. The van der Waals surface area contributed by atoms with Crippen LogP contribution in [-0.4, -0.2) is 35.9 Å². The van der Waals surface area contributed by atoms with Gasteiger partial charge in [-0.25, -0.2) is 0 Å². The highest BCUT2D eigenvalue weighted by atomic mass is 32.1. The summed E-state index contributed by atoms with van der Waals surface area (Å²) in [6.45, 7) is 0.710. The molecule has 0 spiro atoms. The van der Waals surface area contributed by atoms with Crippen molar-refractivity contribution >= 4 is 23.2 Å². The van der Waals surface area contributed by atoms with Crippen LogP contribution in [0.1, 0.15) is 5.69 Å². The monoisotopic (exact) mass is 256 g/mol. The van der Waals surface area contributed by atoms with Crippen molar-refractivity contribution in [1.82, 2.24) is 20.9 Å². The van der Waals surface area contributed by atoms with E-state index in [9.17, 15) is 14.4 Å². The lowest BCUT2D eigenvalue weighted by Gasteiger charge is -2.22. The van der Waals surface area contributed by atoms with Gasteiger partial charge in [0.1, 0.15) is 6.04 Å². The Hall–Kier alpha value is -1.67. The molecular formula is C9H12N4O3S. The van der Waals surface area contributed by atoms with Crippen LogP contribution in [0.2, 0.25) is 0 Å². The Morgan fingerprint density at radius 1 is 1.53 bits per heavy atom. The molecule has 8 heteroatoms. The van der Waals surface area contributed by atoms with Crippen molar-refractivity contribution in [2.45, 2.75) is 12.6 Å². The normalized spacial score (nSPS) is 19.8. The zero-order chi connectivity index (χ0) is 12.3. The highest BCUT2D eigenvalue weighted by molar-refractivity contribution is 7.07. The topological polar surface area (TPSA) is 103 Å². The maximum atomic E-state index is 11.7. The molecule has 92 valence electrons. The van der Waals surface area contributed by atoms with Gasteiger partial charge in [-0.1, -0.05) is 11.3 Å². The molecule has 2 rings (SSSR count). The quantitative estimate of drug-likeness (QED) is 0.509. The maximum Gasteiger partial charge on any atom is 0.304 e. The number of aromatic nitrogens is 1. The Labute approximate surface area is 101 Å². The van der Waals surface area contributed by atoms with Gasteiger partial charge in [0, 0.05) is 17.6 Å². The molecule has 4 N–H and O–H groups in total. The molecule has 1 unspecified atom stereocenters. The molecule has 1 aliphatic rings. The zero-order valence-electron chi connectivity index (χ0n) is 8.91. The van der Waals surface area contributed by atoms with Crippen molar-refractivity contribution in [2.75, 3.05) is 13.1 Å². The molecule has 1 aromatic rings. The van der Waals surface area contributed by atoms with Crippen LogP contribution in [0.15, 0.2) is 10.2 Å². The number of thiazole rings is 1. The number of amides is 2. The van der Waals surface area contributed by atoms with Crippen LogP contribution < -0.4 is 20.8 Å². The average molecular weight is 256 g/mol. The number of H-pyrrole nitrogens is 1. The van der Waals surface area contributed by atoms with Crippen molar-refractivity contribution in [3.8, 4) is 0 Å². The van der Waals surface area contributed by atoms with E-state index in [4.69, 9.17) is 0 Å². The van der Waals surface area contributed by atoms with Crippen LogP contribution in [0.5, 0.6) is 0 Å². The third-order valence-corrected chi connectivity index (χ3v) is 3.07. The fourth-order valence-electron chi connectivity index (χ4n) is 1.46. The maximum absolute atomic E-state index is 11.7. The van der Waals surface area contributed by atoms with Crippen LogP contribution in [0.4, 0.5) is 0 Å². The number of aromatic amines is 1. The number of rotatable bonds is 3. The van der Waals surface area contributed by atoms with Crippen LogP contribution in [0.25, 0.3) is 0 Å². The standard InChI is InChI=1S/C9H12N4O3S/c14-7-3-10-6(2-11-7)8(15)12-1-5-4-17-9(16)13-5/h4,6,10H,1-3H2,(H,11,14)(H,12,15)(H,13,16). The van der Waals surface area contributed by atoms with Crippen LogP contribution in [0.3, 0.4) is 0 Å². The van der Waals surface area contributed by atoms with Gasteiger partial charge in [0.15, 0.2) is 0 Å². The van der Waals surface area contributed by atoms with E-state index in [1.165, 1.54) is 0 Å². The van der Waals surface area contributed by atoms with Gasteiger partial charge < -0.3 is 15.6 Å². The van der Waals surface area contributed by atoms with E-state index in [0.717, 1.165) is 11.3 Å². The van der Waals surface area contributed by atoms with E-state index < -0.39 is 6.04 Å². The number of carbonyl (C=O) groups is 2. The van der Waals surface area contributed by atoms with E-state index in [1.54, 1.807) is 5.38 Å². The third kappa shape index (κ3) is 3.14. The summed E-state index contributed by atoms with van der Waals surface area (Å²) in [5.74, 6) is -0.312.